The minimum absolute atomic E-state index is 0.0307. The van der Waals surface area contributed by atoms with Crippen LogP contribution in [0.25, 0.3) is 0 Å². The molecule has 0 saturated carbocycles. The number of nitrogens with zero attached hydrogens (tertiary/aromatic N) is 1. The van der Waals surface area contributed by atoms with Crippen molar-refractivity contribution in [1.29, 1.82) is 0 Å². The number of hydrogen-bond donors (Lipinski definition) is 2. The van der Waals surface area contributed by atoms with Crippen LogP contribution in [0.3, 0.4) is 0 Å². The fourth-order valence-corrected chi connectivity index (χ4v) is 6.43. The number of nitrogens with two attached hydrogens (primary N) is 1. The molecule has 1 heterocycles. The number of anilines is 1. The first kappa shape index (κ1) is 23.8. The molecule has 1 amide bonds. The number of rotatable bonds is 5. The quantitative estimate of drug-likeness (QED) is 0.573. The summed E-state index contributed by atoms with van der Waals surface area (Å²) in [7, 11) is -3.12. The number of benzene rings is 2. The van der Waals surface area contributed by atoms with Crippen LogP contribution in [0.1, 0.15) is 47.7 Å². The van der Waals surface area contributed by atoms with Gasteiger partial charge in [-0.1, -0.05) is 30.7 Å². The van der Waals surface area contributed by atoms with Crippen molar-refractivity contribution in [2.75, 3.05) is 24.2 Å². The highest BCUT2D eigenvalue weighted by molar-refractivity contribution is 7.91. The molecule has 1 aliphatic heterocycles. The van der Waals surface area contributed by atoms with Crippen molar-refractivity contribution in [3.05, 3.63) is 70.8 Å². The molecule has 3 N–H and O–H groups in total. The van der Waals surface area contributed by atoms with Crippen LogP contribution in [0.2, 0.25) is 5.02 Å². The van der Waals surface area contributed by atoms with Gasteiger partial charge in [0.2, 0.25) is 0 Å². The average molecular weight is 488 g/mol. The molecule has 1 aliphatic carbocycles. The molecule has 33 heavy (non-hydrogen) atoms. The number of allylic oxidation sites excluding steroid dienone is 1. The van der Waals surface area contributed by atoms with Gasteiger partial charge in [-0.3, -0.25) is 4.79 Å². The number of nitrogens with one attached hydrogen (secondary N) is 1. The first-order valence-electron chi connectivity index (χ1n) is 11.2. The van der Waals surface area contributed by atoms with Gasteiger partial charge in [0.05, 0.1) is 12.3 Å². The van der Waals surface area contributed by atoms with Crippen LogP contribution in [0.5, 0.6) is 5.75 Å². The van der Waals surface area contributed by atoms with Crippen LogP contribution in [-0.4, -0.2) is 29.0 Å². The highest BCUT2D eigenvalue weighted by atomic mass is 35.5. The Hall–Kier alpha value is -2.35. The summed E-state index contributed by atoms with van der Waals surface area (Å²) in [4.78, 5) is 12.7. The largest absolute Gasteiger partial charge is 0.490 e. The van der Waals surface area contributed by atoms with E-state index in [-0.39, 0.29) is 17.1 Å². The number of hydrogen-bond acceptors (Lipinski definition) is 4. The molecule has 0 saturated heterocycles. The molecule has 1 spiro atoms. The lowest BCUT2D eigenvalue weighted by molar-refractivity contribution is 0.100. The topological polar surface area (TPSA) is 93.8 Å². The molecule has 0 fully saturated rings. The maximum atomic E-state index is 12.7. The number of carbonyl (C=O) groups is 1. The van der Waals surface area contributed by atoms with Gasteiger partial charge in [-0.05, 0) is 73.1 Å². The third-order valence-corrected chi connectivity index (χ3v) is 8.17. The van der Waals surface area contributed by atoms with E-state index in [1.54, 1.807) is 24.3 Å². The number of halogens is 1. The van der Waals surface area contributed by atoms with Gasteiger partial charge in [0.1, 0.15) is 15.7 Å². The minimum atomic E-state index is -3.12. The second-order valence-electron chi connectivity index (χ2n) is 9.17. The molecule has 2 aliphatic rings. The third kappa shape index (κ3) is 5.26. The minimum Gasteiger partial charge on any atom is -0.490 e. The van der Waals surface area contributed by atoms with Crippen molar-refractivity contribution in [2.24, 2.45) is 15.4 Å². The number of fused-ring (bicyclic) bond motifs is 3. The summed E-state index contributed by atoms with van der Waals surface area (Å²) in [5, 5.41) is 10.1. The fraction of sp³-hybridized carbons (Fsp3) is 0.400. The zero-order valence-electron chi connectivity index (χ0n) is 18.8. The monoisotopic (exact) mass is 487 g/mol. The van der Waals surface area contributed by atoms with Gasteiger partial charge in [-0.2, -0.15) is 0 Å². The lowest BCUT2D eigenvalue weighted by Gasteiger charge is -2.37. The third-order valence-electron chi connectivity index (χ3n) is 6.42. The van der Waals surface area contributed by atoms with Gasteiger partial charge in [0, 0.05) is 28.3 Å². The molecule has 2 aromatic rings. The Morgan fingerprint density at radius 2 is 2.21 bits per heavy atom. The van der Waals surface area contributed by atoms with E-state index in [1.807, 2.05) is 19.1 Å². The summed E-state index contributed by atoms with van der Waals surface area (Å²) in [6.07, 6.45) is 5.48. The summed E-state index contributed by atoms with van der Waals surface area (Å²) in [5.74, 6) is 0.262. The molecular weight excluding hydrogens is 458 g/mol. The van der Waals surface area contributed by atoms with Gasteiger partial charge in [-0.25, -0.2) is 9.35 Å². The molecule has 176 valence electrons. The molecule has 6 nitrogen and oxygen atoms in total. The van der Waals surface area contributed by atoms with Crippen molar-refractivity contribution in [3.63, 3.8) is 0 Å². The van der Waals surface area contributed by atoms with Crippen LogP contribution < -0.4 is 15.2 Å². The van der Waals surface area contributed by atoms with Crippen molar-refractivity contribution in [1.82, 2.24) is 0 Å². The van der Waals surface area contributed by atoms with E-state index in [9.17, 15) is 9.00 Å². The van der Waals surface area contributed by atoms with E-state index < -0.39 is 15.8 Å². The SMILES string of the molecule is C=CC[C@H](C)C[S@](N)(=O)=NC(=O)c1ccc2c(c1)NC[C@@]1(CCCc3cc(Cl)ccc31)CO2. The lowest BCUT2D eigenvalue weighted by atomic mass is 9.70. The zero-order chi connectivity index (χ0) is 23.6. The highest BCUT2D eigenvalue weighted by Gasteiger charge is 2.39. The van der Waals surface area contributed by atoms with E-state index in [2.05, 4.69) is 22.3 Å². The van der Waals surface area contributed by atoms with Gasteiger partial charge in [0.15, 0.2) is 0 Å². The molecule has 0 aromatic heterocycles. The van der Waals surface area contributed by atoms with Gasteiger partial charge in [0.25, 0.3) is 5.91 Å². The van der Waals surface area contributed by atoms with E-state index in [4.69, 9.17) is 21.5 Å². The van der Waals surface area contributed by atoms with Crippen LogP contribution in [-0.2, 0) is 21.8 Å². The Morgan fingerprint density at radius 3 is 3.00 bits per heavy atom. The van der Waals surface area contributed by atoms with Crippen LogP contribution in [0.4, 0.5) is 5.69 Å². The Labute approximate surface area is 200 Å². The predicted molar refractivity (Wildman–Crippen MR) is 134 cm³/mol. The van der Waals surface area contributed by atoms with Gasteiger partial charge in [-0.15, -0.1) is 10.9 Å². The first-order valence-corrected chi connectivity index (χ1v) is 13.3. The molecule has 4 rings (SSSR count). The van der Waals surface area contributed by atoms with E-state index in [0.29, 0.717) is 30.9 Å². The highest BCUT2D eigenvalue weighted by Crippen LogP contribution is 2.42. The van der Waals surface area contributed by atoms with Crippen LogP contribution in [0.15, 0.2) is 53.4 Å². The van der Waals surface area contributed by atoms with E-state index in [0.717, 1.165) is 30.0 Å². The normalized spacial score (nSPS) is 21.9. The summed E-state index contributed by atoms with van der Waals surface area (Å²) < 4.78 is 22.7. The Bertz CT molecular complexity index is 1210. The molecule has 0 bridgehead atoms. The maximum absolute atomic E-state index is 12.7. The number of amides is 1. The maximum Gasteiger partial charge on any atom is 0.286 e. The van der Waals surface area contributed by atoms with Gasteiger partial charge >= 0.3 is 0 Å². The first-order chi connectivity index (χ1) is 15.7. The Kier molecular flexibility index (Phi) is 6.84. The van der Waals surface area contributed by atoms with Crippen molar-refractivity contribution in [2.45, 2.75) is 38.0 Å². The summed E-state index contributed by atoms with van der Waals surface area (Å²) >= 11 is 6.22. The molecule has 3 atom stereocenters. The number of carbonyl (C=O) groups excluding carboxylic acids is 1. The average Bonchev–Trinajstić information content (AvgIpc) is 2.93. The Morgan fingerprint density at radius 1 is 1.39 bits per heavy atom. The Balaban J connectivity index is 1.56. The van der Waals surface area contributed by atoms with Crippen molar-refractivity contribution >= 4 is 33.1 Å². The standard InChI is InChI=1S/C25H30ClN3O3S/c1-3-5-17(2)14-33(27,31)29-24(30)19-7-10-23-22(13-19)28-15-25(16-32-23)11-4-6-18-12-20(26)8-9-21(18)25/h3,7-10,12-13,17,28H,1,4-6,11,14-16H2,2H3,(H2,27,29,30,31)/t17-,25-,33+/m0/s1. The number of aryl methyl sites for hydroxylation is 1. The number of ether oxygens (including phenoxy) is 1. The summed E-state index contributed by atoms with van der Waals surface area (Å²) in [6, 6.07) is 11.2. The second kappa shape index (κ2) is 9.49. The zero-order valence-corrected chi connectivity index (χ0v) is 20.4. The van der Waals surface area contributed by atoms with Crippen LogP contribution >= 0.6 is 11.6 Å². The summed E-state index contributed by atoms with van der Waals surface area (Å²) in [5.41, 5.74) is 3.41. The van der Waals surface area contributed by atoms with E-state index in [1.165, 1.54) is 11.1 Å². The molecule has 2 aromatic carbocycles. The van der Waals surface area contributed by atoms with E-state index >= 15 is 0 Å². The smallest absolute Gasteiger partial charge is 0.286 e. The predicted octanol–water partition coefficient (Wildman–Crippen LogP) is 5.11. The second-order valence-corrected chi connectivity index (χ2v) is 11.5. The molecule has 8 heteroatoms. The van der Waals surface area contributed by atoms with Gasteiger partial charge < -0.3 is 10.1 Å². The molecule has 0 radical (unpaired) electrons. The summed E-state index contributed by atoms with van der Waals surface area (Å²) in [6.45, 7) is 6.80. The molecule has 0 unspecified atom stereocenters. The molecular formula is C25H30ClN3O3S. The van der Waals surface area contributed by atoms with Crippen LogP contribution in [0, 0.1) is 5.92 Å². The van der Waals surface area contributed by atoms with Crippen molar-refractivity contribution in [3.8, 4) is 5.75 Å². The fourth-order valence-electron chi connectivity index (χ4n) is 4.82. The lowest BCUT2D eigenvalue weighted by Crippen LogP contribution is -2.41. The van der Waals surface area contributed by atoms with Crippen molar-refractivity contribution < 1.29 is 13.7 Å².